The number of hydrogen-bond donors (Lipinski definition) is 2. The summed E-state index contributed by atoms with van der Waals surface area (Å²) < 4.78 is 5.28. The lowest BCUT2D eigenvalue weighted by molar-refractivity contribution is 0.341. The highest BCUT2D eigenvalue weighted by atomic mass is 16.5. The van der Waals surface area contributed by atoms with Gasteiger partial charge in [0.1, 0.15) is 17.5 Å². The van der Waals surface area contributed by atoms with Crippen molar-refractivity contribution in [1.29, 1.82) is 5.26 Å². The average molecular weight is 177 g/mol. The van der Waals surface area contributed by atoms with Crippen LogP contribution in [0.3, 0.4) is 0 Å². The fourth-order valence-electron chi connectivity index (χ4n) is 1.05. The number of hydrogen-bond acceptors (Lipinski definition) is 4. The van der Waals surface area contributed by atoms with Gasteiger partial charge in [-0.1, -0.05) is 6.07 Å². The van der Waals surface area contributed by atoms with Crippen LogP contribution in [-0.2, 0) is 0 Å². The maximum atomic E-state index is 8.74. The smallest absolute Gasteiger partial charge is 0.145 e. The second kappa shape index (κ2) is 4.33. The summed E-state index contributed by atoms with van der Waals surface area (Å²) in [6.07, 6.45) is 0. The van der Waals surface area contributed by atoms with E-state index < -0.39 is 0 Å². The first-order valence-corrected chi connectivity index (χ1v) is 3.96. The van der Waals surface area contributed by atoms with E-state index in [2.05, 4.69) is 5.43 Å². The van der Waals surface area contributed by atoms with Crippen LogP contribution >= 0.6 is 0 Å². The second-order valence-corrected chi connectivity index (χ2v) is 2.37. The molecular weight excluding hydrogens is 166 g/mol. The topological polar surface area (TPSA) is 71.1 Å². The van der Waals surface area contributed by atoms with E-state index in [0.29, 0.717) is 23.6 Å². The summed E-state index contributed by atoms with van der Waals surface area (Å²) in [6, 6.07) is 7.22. The molecule has 0 bridgehead atoms. The highest BCUT2D eigenvalue weighted by molar-refractivity contribution is 5.65. The summed E-state index contributed by atoms with van der Waals surface area (Å²) in [5.74, 6) is 5.88. The van der Waals surface area contributed by atoms with Gasteiger partial charge < -0.3 is 10.2 Å². The Kier molecular flexibility index (Phi) is 3.12. The molecule has 68 valence electrons. The molecule has 4 nitrogen and oxygen atoms in total. The van der Waals surface area contributed by atoms with E-state index in [1.165, 1.54) is 0 Å². The first kappa shape index (κ1) is 9.36. The number of nitrogens with zero attached hydrogens (tertiary/aromatic N) is 1. The minimum Gasteiger partial charge on any atom is -0.492 e. The molecule has 4 heteroatoms. The summed E-state index contributed by atoms with van der Waals surface area (Å²) in [5.41, 5.74) is 3.47. The van der Waals surface area contributed by atoms with Gasteiger partial charge in [-0.15, -0.1) is 0 Å². The zero-order valence-corrected chi connectivity index (χ0v) is 7.37. The third-order valence-corrected chi connectivity index (χ3v) is 1.59. The van der Waals surface area contributed by atoms with Crippen molar-refractivity contribution in [2.45, 2.75) is 6.92 Å². The van der Waals surface area contributed by atoms with E-state index >= 15 is 0 Å². The molecule has 0 atom stereocenters. The standard InChI is InChI=1S/C9H11N3O/c1-2-13-8-5-3-4-7(6-10)9(8)12-11/h3-5,12H,2,11H2,1H3. The number of nitrogen functional groups attached to an aromatic ring is 1. The first-order chi connectivity index (χ1) is 6.33. The lowest BCUT2D eigenvalue weighted by atomic mass is 10.2. The van der Waals surface area contributed by atoms with Crippen molar-refractivity contribution in [2.24, 2.45) is 5.84 Å². The molecule has 3 N–H and O–H groups in total. The molecule has 1 aromatic rings. The lowest BCUT2D eigenvalue weighted by Gasteiger charge is -2.09. The fraction of sp³-hybridized carbons (Fsp3) is 0.222. The Labute approximate surface area is 76.9 Å². The first-order valence-electron chi connectivity index (χ1n) is 3.96. The van der Waals surface area contributed by atoms with Gasteiger partial charge >= 0.3 is 0 Å². The van der Waals surface area contributed by atoms with Gasteiger partial charge in [-0.3, -0.25) is 5.84 Å². The second-order valence-electron chi connectivity index (χ2n) is 2.37. The molecule has 0 fully saturated rings. The molecule has 0 amide bonds. The molecule has 0 spiro atoms. The highest BCUT2D eigenvalue weighted by Gasteiger charge is 2.06. The van der Waals surface area contributed by atoms with Crippen molar-refractivity contribution in [3.8, 4) is 11.8 Å². The van der Waals surface area contributed by atoms with Gasteiger partial charge in [0.25, 0.3) is 0 Å². The molecule has 0 radical (unpaired) electrons. The third kappa shape index (κ3) is 1.89. The number of para-hydroxylation sites is 1. The SMILES string of the molecule is CCOc1cccc(C#N)c1NN. The summed E-state index contributed by atoms with van der Waals surface area (Å²) in [5, 5.41) is 8.74. The predicted molar refractivity (Wildman–Crippen MR) is 50.1 cm³/mol. The Balaban J connectivity index is 3.13. The number of nitrogens with two attached hydrogens (primary N) is 1. The molecule has 0 saturated carbocycles. The Morgan fingerprint density at radius 1 is 1.62 bits per heavy atom. The van der Waals surface area contributed by atoms with Gasteiger partial charge in [-0.25, -0.2) is 0 Å². The normalized spacial score (nSPS) is 9.00. The van der Waals surface area contributed by atoms with E-state index in [-0.39, 0.29) is 0 Å². The van der Waals surface area contributed by atoms with Crippen molar-refractivity contribution >= 4 is 5.69 Å². The van der Waals surface area contributed by atoms with Crippen LogP contribution in [0.25, 0.3) is 0 Å². The minimum atomic E-state index is 0.480. The van der Waals surface area contributed by atoms with Gasteiger partial charge in [-0.2, -0.15) is 5.26 Å². The Morgan fingerprint density at radius 3 is 2.92 bits per heavy atom. The van der Waals surface area contributed by atoms with E-state index in [1.54, 1.807) is 18.2 Å². The maximum absolute atomic E-state index is 8.74. The van der Waals surface area contributed by atoms with Crippen molar-refractivity contribution in [1.82, 2.24) is 0 Å². The molecule has 0 aliphatic rings. The summed E-state index contributed by atoms with van der Waals surface area (Å²) in [4.78, 5) is 0. The average Bonchev–Trinajstić information content (AvgIpc) is 2.18. The van der Waals surface area contributed by atoms with Crippen LogP contribution in [0.4, 0.5) is 5.69 Å². The summed E-state index contributed by atoms with van der Waals surface area (Å²) >= 11 is 0. The van der Waals surface area contributed by atoms with E-state index in [0.717, 1.165) is 0 Å². The quantitative estimate of drug-likeness (QED) is 0.538. The van der Waals surface area contributed by atoms with Crippen molar-refractivity contribution in [3.05, 3.63) is 23.8 Å². The maximum Gasteiger partial charge on any atom is 0.145 e. The molecule has 1 aromatic carbocycles. The molecule has 0 unspecified atom stereocenters. The number of nitrogens with one attached hydrogen (secondary N) is 1. The van der Waals surface area contributed by atoms with Gasteiger partial charge in [0, 0.05) is 0 Å². The van der Waals surface area contributed by atoms with Crippen LogP contribution in [0.1, 0.15) is 12.5 Å². The monoisotopic (exact) mass is 177 g/mol. The summed E-state index contributed by atoms with van der Waals surface area (Å²) in [6.45, 7) is 2.42. The molecule has 1 rings (SSSR count). The number of rotatable bonds is 3. The Bertz CT molecular complexity index is 330. The molecule has 0 aromatic heterocycles. The summed E-state index contributed by atoms with van der Waals surface area (Å²) in [7, 11) is 0. The molecular formula is C9H11N3O. The van der Waals surface area contributed by atoms with E-state index in [9.17, 15) is 0 Å². The zero-order chi connectivity index (χ0) is 9.68. The van der Waals surface area contributed by atoms with Gasteiger partial charge in [-0.05, 0) is 19.1 Å². The van der Waals surface area contributed by atoms with Crippen molar-refractivity contribution in [2.75, 3.05) is 12.0 Å². The highest BCUT2D eigenvalue weighted by Crippen LogP contribution is 2.26. The molecule has 0 aliphatic heterocycles. The van der Waals surface area contributed by atoms with Crippen LogP contribution in [0.15, 0.2) is 18.2 Å². The number of anilines is 1. The van der Waals surface area contributed by atoms with Gasteiger partial charge in [0.2, 0.25) is 0 Å². The van der Waals surface area contributed by atoms with Crippen molar-refractivity contribution < 1.29 is 4.74 Å². The molecule has 0 saturated heterocycles. The van der Waals surface area contributed by atoms with E-state index in [4.69, 9.17) is 15.8 Å². The number of nitriles is 1. The van der Waals surface area contributed by atoms with Crippen molar-refractivity contribution in [3.63, 3.8) is 0 Å². The number of hydrazine groups is 1. The number of benzene rings is 1. The van der Waals surface area contributed by atoms with Crippen LogP contribution in [0.5, 0.6) is 5.75 Å². The third-order valence-electron chi connectivity index (χ3n) is 1.59. The minimum absolute atomic E-state index is 0.480. The molecule has 0 heterocycles. The van der Waals surface area contributed by atoms with Crippen LogP contribution in [0, 0.1) is 11.3 Å². The Hall–Kier alpha value is -1.73. The predicted octanol–water partition coefficient (Wildman–Crippen LogP) is 1.24. The fourth-order valence-corrected chi connectivity index (χ4v) is 1.05. The van der Waals surface area contributed by atoms with Crippen LogP contribution in [0.2, 0.25) is 0 Å². The molecule has 13 heavy (non-hydrogen) atoms. The largest absolute Gasteiger partial charge is 0.492 e. The van der Waals surface area contributed by atoms with E-state index in [1.807, 2.05) is 13.0 Å². The van der Waals surface area contributed by atoms with Crippen LogP contribution in [-0.4, -0.2) is 6.61 Å². The van der Waals surface area contributed by atoms with Crippen LogP contribution < -0.4 is 16.0 Å². The zero-order valence-electron chi connectivity index (χ0n) is 7.37. The van der Waals surface area contributed by atoms with Gasteiger partial charge in [0.15, 0.2) is 0 Å². The Morgan fingerprint density at radius 2 is 2.38 bits per heavy atom. The van der Waals surface area contributed by atoms with Gasteiger partial charge in [0.05, 0.1) is 12.2 Å². The molecule has 0 aliphatic carbocycles. The lowest BCUT2D eigenvalue weighted by Crippen LogP contribution is -2.10. The number of ether oxygens (including phenoxy) is 1.